The lowest BCUT2D eigenvalue weighted by atomic mass is 9.79. The van der Waals surface area contributed by atoms with Crippen LogP contribution in [-0.4, -0.2) is 47.9 Å². The highest BCUT2D eigenvalue weighted by atomic mass is 127. The van der Waals surface area contributed by atoms with E-state index in [0.717, 1.165) is 38.9 Å². The second-order valence-electron chi connectivity index (χ2n) is 6.16. The van der Waals surface area contributed by atoms with Crippen molar-refractivity contribution in [3.63, 3.8) is 0 Å². The van der Waals surface area contributed by atoms with E-state index in [1.807, 2.05) is 12.1 Å². The standard InChI is InChI=1S/C15H22I2N2O2.ClH/c1-15(2,9-20)14(19-5-3-18-4-6-19)11-7-10(16)8-12(17)13(11)21;/h7-8,14,18,20-21H,3-6,9H2,1-2H3;1H/t14-;/m1./s1. The molecule has 1 fully saturated rings. The summed E-state index contributed by atoms with van der Waals surface area (Å²) in [6.45, 7) is 7.95. The number of halogens is 3. The molecular formula is C15H23ClI2N2O2. The maximum atomic E-state index is 10.5. The zero-order chi connectivity index (χ0) is 15.6. The van der Waals surface area contributed by atoms with E-state index in [1.165, 1.54) is 0 Å². The zero-order valence-electron chi connectivity index (χ0n) is 12.8. The zero-order valence-corrected chi connectivity index (χ0v) is 17.9. The molecule has 0 saturated carbocycles. The quantitative estimate of drug-likeness (QED) is 0.503. The molecule has 1 aromatic rings. The average molecular weight is 553 g/mol. The van der Waals surface area contributed by atoms with Gasteiger partial charge in [0.2, 0.25) is 0 Å². The van der Waals surface area contributed by atoms with Gasteiger partial charge in [-0.2, -0.15) is 0 Å². The Morgan fingerprint density at radius 2 is 1.86 bits per heavy atom. The number of aromatic hydroxyl groups is 1. The molecule has 0 amide bonds. The summed E-state index contributed by atoms with van der Waals surface area (Å²) in [5.41, 5.74) is 0.606. The van der Waals surface area contributed by atoms with Gasteiger partial charge in [0.25, 0.3) is 0 Å². The van der Waals surface area contributed by atoms with Gasteiger partial charge in [0, 0.05) is 53.4 Å². The van der Waals surface area contributed by atoms with Crippen LogP contribution in [0, 0.1) is 12.6 Å². The fourth-order valence-corrected chi connectivity index (χ4v) is 4.82. The third kappa shape index (κ3) is 4.60. The van der Waals surface area contributed by atoms with Crippen molar-refractivity contribution in [2.75, 3.05) is 32.8 Å². The Hall–Kier alpha value is 0.650. The van der Waals surface area contributed by atoms with Gasteiger partial charge in [-0.05, 0) is 57.3 Å². The molecule has 0 bridgehead atoms. The summed E-state index contributed by atoms with van der Waals surface area (Å²) < 4.78 is 1.97. The van der Waals surface area contributed by atoms with Crippen LogP contribution in [0.2, 0.25) is 0 Å². The number of hydrogen-bond donors (Lipinski definition) is 3. The molecule has 126 valence electrons. The Labute approximate surface area is 165 Å². The molecule has 1 aliphatic rings. The molecule has 0 aromatic heterocycles. The number of aliphatic hydroxyl groups excluding tert-OH is 1. The number of nitrogens with zero attached hydrogens (tertiary/aromatic N) is 1. The number of rotatable bonds is 4. The number of hydrogen-bond acceptors (Lipinski definition) is 4. The monoisotopic (exact) mass is 552 g/mol. The number of aliphatic hydroxyl groups is 1. The molecule has 7 heteroatoms. The fourth-order valence-electron chi connectivity index (χ4n) is 2.93. The van der Waals surface area contributed by atoms with Crippen LogP contribution in [0.25, 0.3) is 0 Å². The Morgan fingerprint density at radius 1 is 1.27 bits per heavy atom. The van der Waals surface area contributed by atoms with Crippen LogP contribution in [0.15, 0.2) is 12.1 Å². The van der Waals surface area contributed by atoms with Crippen LogP contribution in [0.5, 0.6) is 5.75 Å². The number of phenols is 1. The molecule has 0 spiro atoms. The van der Waals surface area contributed by atoms with Gasteiger partial charge in [0.15, 0.2) is 0 Å². The Morgan fingerprint density at radius 3 is 2.41 bits per heavy atom. The van der Waals surface area contributed by atoms with Crippen LogP contribution in [0.3, 0.4) is 0 Å². The summed E-state index contributed by atoms with van der Waals surface area (Å²) >= 11 is 4.45. The van der Waals surface area contributed by atoms with Gasteiger partial charge in [0.05, 0.1) is 3.57 Å². The highest BCUT2D eigenvalue weighted by Gasteiger charge is 2.37. The predicted octanol–water partition coefficient (Wildman–Crippen LogP) is 2.99. The van der Waals surface area contributed by atoms with Crippen molar-refractivity contribution in [3.8, 4) is 5.75 Å². The first kappa shape index (κ1) is 20.7. The molecule has 22 heavy (non-hydrogen) atoms. The normalized spacial score (nSPS) is 17.9. The Bertz CT molecular complexity index is 509. The lowest BCUT2D eigenvalue weighted by Crippen LogP contribution is -2.49. The van der Waals surface area contributed by atoms with E-state index < -0.39 is 0 Å². The first-order chi connectivity index (χ1) is 9.86. The van der Waals surface area contributed by atoms with Gasteiger partial charge in [-0.15, -0.1) is 12.4 Å². The summed E-state index contributed by atoms with van der Waals surface area (Å²) in [6, 6.07) is 4.02. The minimum atomic E-state index is -0.317. The molecule has 1 saturated heterocycles. The van der Waals surface area contributed by atoms with Gasteiger partial charge in [-0.1, -0.05) is 13.8 Å². The molecule has 0 unspecified atom stereocenters. The van der Waals surface area contributed by atoms with Crippen LogP contribution >= 0.6 is 57.6 Å². The number of nitrogens with one attached hydrogen (secondary N) is 1. The van der Waals surface area contributed by atoms with E-state index in [9.17, 15) is 10.2 Å². The highest BCUT2D eigenvalue weighted by Crippen LogP contribution is 2.43. The van der Waals surface area contributed by atoms with Crippen molar-refractivity contribution in [3.05, 3.63) is 24.8 Å². The van der Waals surface area contributed by atoms with Crippen molar-refractivity contribution >= 4 is 57.6 Å². The van der Waals surface area contributed by atoms with Crippen molar-refractivity contribution < 1.29 is 10.2 Å². The molecule has 1 aromatic carbocycles. The predicted molar refractivity (Wildman–Crippen MR) is 109 cm³/mol. The average Bonchev–Trinajstić information content (AvgIpc) is 2.45. The lowest BCUT2D eigenvalue weighted by molar-refractivity contribution is 0.0292. The number of phenolic OH excluding ortho intramolecular Hbond substituents is 1. The first-order valence-electron chi connectivity index (χ1n) is 7.10. The smallest absolute Gasteiger partial charge is 0.133 e. The van der Waals surface area contributed by atoms with E-state index in [4.69, 9.17) is 0 Å². The summed E-state index contributed by atoms with van der Waals surface area (Å²) in [4.78, 5) is 2.37. The highest BCUT2D eigenvalue weighted by molar-refractivity contribution is 14.1. The molecule has 2 rings (SSSR count). The van der Waals surface area contributed by atoms with Gasteiger partial charge in [-0.3, -0.25) is 4.90 Å². The van der Waals surface area contributed by atoms with Crippen molar-refractivity contribution in [2.24, 2.45) is 5.41 Å². The lowest BCUT2D eigenvalue weighted by Gasteiger charge is -2.43. The molecule has 1 aliphatic heterocycles. The van der Waals surface area contributed by atoms with Gasteiger partial charge < -0.3 is 15.5 Å². The van der Waals surface area contributed by atoms with Gasteiger partial charge in [-0.25, -0.2) is 0 Å². The van der Waals surface area contributed by atoms with Crippen LogP contribution in [0.4, 0.5) is 0 Å². The molecule has 0 radical (unpaired) electrons. The third-order valence-electron chi connectivity index (χ3n) is 4.02. The van der Waals surface area contributed by atoms with Crippen molar-refractivity contribution in [2.45, 2.75) is 19.9 Å². The second-order valence-corrected chi connectivity index (χ2v) is 8.57. The number of benzene rings is 1. The summed E-state index contributed by atoms with van der Waals surface area (Å²) in [5.74, 6) is 0.348. The van der Waals surface area contributed by atoms with Crippen LogP contribution in [-0.2, 0) is 0 Å². The summed E-state index contributed by atoms with van der Waals surface area (Å²) in [6.07, 6.45) is 0. The van der Waals surface area contributed by atoms with Gasteiger partial charge >= 0.3 is 0 Å². The molecule has 1 atom stereocenters. The minimum absolute atomic E-state index is 0. The molecule has 3 N–H and O–H groups in total. The topological polar surface area (TPSA) is 55.7 Å². The Kier molecular flexibility index (Phi) is 8.15. The first-order valence-corrected chi connectivity index (χ1v) is 9.26. The van der Waals surface area contributed by atoms with E-state index in [-0.39, 0.29) is 30.5 Å². The minimum Gasteiger partial charge on any atom is -0.506 e. The van der Waals surface area contributed by atoms with Crippen LogP contribution < -0.4 is 5.32 Å². The van der Waals surface area contributed by atoms with E-state index in [0.29, 0.717) is 5.75 Å². The maximum absolute atomic E-state index is 10.5. The van der Waals surface area contributed by atoms with Crippen molar-refractivity contribution in [1.29, 1.82) is 0 Å². The molecular weight excluding hydrogens is 529 g/mol. The van der Waals surface area contributed by atoms with Gasteiger partial charge in [0.1, 0.15) is 5.75 Å². The molecule has 4 nitrogen and oxygen atoms in total. The van der Waals surface area contributed by atoms with E-state index >= 15 is 0 Å². The van der Waals surface area contributed by atoms with Crippen molar-refractivity contribution in [1.82, 2.24) is 10.2 Å². The summed E-state index contributed by atoms with van der Waals surface area (Å²) in [7, 11) is 0. The largest absolute Gasteiger partial charge is 0.506 e. The third-order valence-corrected chi connectivity index (χ3v) is 5.46. The molecule has 1 heterocycles. The maximum Gasteiger partial charge on any atom is 0.133 e. The Balaban J connectivity index is 0.00000242. The summed E-state index contributed by atoms with van der Waals surface area (Å²) in [5, 5.41) is 23.8. The molecule has 0 aliphatic carbocycles. The number of piperazine rings is 1. The second kappa shape index (κ2) is 8.66. The van der Waals surface area contributed by atoms with Crippen LogP contribution in [0.1, 0.15) is 25.5 Å². The van der Waals surface area contributed by atoms with E-state index in [2.05, 4.69) is 69.2 Å². The SMILES string of the molecule is CC(C)(CO)[C@@H](c1cc(I)cc(I)c1O)N1CCNCC1.Cl. The fraction of sp³-hybridized carbons (Fsp3) is 0.600. The van der Waals surface area contributed by atoms with E-state index in [1.54, 1.807) is 0 Å².